The number of hydrogen-bond acceptors (Lipinski definition) is 3. The van der Waals surface area contributed by atoms with E-state index in [1.807, 2.05) is 24.3 Å². The van der Waals surface area contributed by atoms with Crippen molar-refractivity contribution in [2.24, 2.45) is 5.73 Å². The zero-order valence-corrected chi connectivity index (χ0v) is 12.3. The molecule has 0 amide bonds. The van der Waals surface area contributed by atoms with Crippen LogP contribution >= 0.6 is 28.1 Å². The van der Waals surface area contributed by atoms with Crippen LogP contribution in [-0.4, -0.2) is 36.1 Å². The van der Waals surface area contributed by atoms with Gasteiger partial charge in [-0.25, -0.2) is 0 Å². The smallest absolute Gasteiger partial charge is 0.120 e. The van der Waals surface area contributed by atoms with E-state index >= 15 is 0 Å². The summed E-state index contributed by atoms with van der Waals surface area (Å²) in [5.74, 6) is 0.866. The lowest BCUT2D eigenvalue weighted by atomic mass is 10.3. The van der Waals surface area contributed by atoms with Crippen LogP contribution in [0.2, 0.25) is 0 Å². The highest BCUT2D eigenvalue weighted by Gasteiger charge is 2.03. The maximum Gasteiger partial charge on any atom is 0.120 e. The minimum Gasteiger partial charge on any atom is -0.492 e. The number of ether oxygens (including phenoxy) is 1. The summed E-state index contributed by atoms with van der Waals surface area (Å²) in [5.41, 5.74) is 5.51. The Kier molecular flexibility index (Phi) is 6.47. The number of thiocarbonyl (C=S) groups is 1. The third-order valence-corrected chi connectivity index (χ3v) is 2.92. The molecular weight excluding hydrogens is 300 g/mol. The van der Waals surface area contributed by atoms with Crippen LogP contribution in [0.25, 0.3) is 0 Å². The summed E-state index contributed by atoms with van der Waals surface area (Å²) >= 11 is 8.29. The topological polar surface area (TPSA) is 38.5 Å². The molecule has 1 aromatic rings. The van der Waals surface area contributed by atoms with E-state index in [2.05, 4.69) is 27.8 Å². The van der Waals surface area contributed by atoms with Gasteiger partial charge in [-0.2, -0.15) is 0 Å². The lowest BCUT2D eigenvalue weighted by Crippen LogP contribution is -2.35. The van der Waals surface area contributed by atoms with Crippen molar-refractivity contribution in [3.05, 3.63) is 28.7 Å². The van der Waals surface area contributed by atoms with Crippen LogP contribution in [0.4, 0.5) is 0 Å². The van der Waals surface area contributed by atoms with Gasteiger partial charge in [0, 0.05) is 17.6 Å². The van der Waals surface area contributed by atoms with E-state index in [4.69, 9.17) is 22.7 Å². The van der Waals surface area contributed by atoms with Crippen LogP contribution in [0.5, 0.6) is 5.75 Å². The fraction of sp³-hybridized carbons (Fsp3) is 0.417. The second-order valence-corrected chi connectivity index (χ2v) is 5.08. The summed E-state index contributed by atoms with van der Waals surface area (Å²) in [5, 5.41) is 0. The Morgan fingerprint density at radius 2 is 2.29 bits per heavy atom. The van der Waals surface area contributed by atoms with Crippen LogP contribution in [0, 0.1) is 0 Å². The molecule has 0 aliphatic rings. The number of hydrogen-bond donors (Lipinski definition) is 1. The fourth-order valence-electron chi connectivity index (χ4n) is 1.42. The minimum absolute atomic E-state index is 0.523. The van der Waals surface area contributed by atoms with E-state index in [0.717, 1.165) is 23.3 Å². The van der Waals surface area contributed by atoms with Crippen molar-refractivity contribution >= 4 is 33.1 Å². The van der Waals surface area contributed by atoms with Crippen molar-refractivity contribution in [1.29, 1.82) is 0 Å². The number of benzene rings is 1. The third-order valence-electron chi connectivity index (χ3n) is 2.30. The maximum absolute atomic E-state index is 5.64. The van der Waals surface area contributed by atoms with Gasteiger partial charge in [-0.05, 0) is 24.7 Å². The maximum atomic E-state index is 5.64. The van der Waals surface area contributed by atoms with E-state index < -0.39 is 0 Å². The molecule has 0 atom stereocenters. The predicted octanol–water partition coefficient (Wildman–Crippen LogP) is 2.44. The Morgan fingerprint density at radius 1 is 1.53 bits per heavy atom. The van der Waals surface area contributed by atoms with Crippen molar-refractivity contribution in [2.45, 2.75) is 6.92 Å². The molecule has 0 unspecified atom stereocenters. The van der Waals surface area contributed by atoms with Gasteiger partial charge in [-0.1, -0.05) is 41.1 Å². The highest BCUT2D eigenvalue weighted by atomic mass is 79.9. The summed E-state index contributed by atoms with van der Waals surface area (Å²) in [6.45, 7) is 5.09. The Balaban J connectivity index is 2.33. The molecule has 17 heavy (non-hydrogen) atoms. The van der Waals surface area contributed by atoms with E-state index in [0.29, 0.717) is 18.1 Å². The zero-order valence-electron chi connectivity index (χ0n) is 9.86. The Morgan fingerprint density at radius 3 is 2.88 bits per heavy atom. The van der Waals surface area contributed by atoms with Gasteiger partial charge in [-0.3, -0.25) is 4.90 Å². The standard InChI is InChI=1S/C12H17BrN2OS/c1-2-15(9-12(14)17)6-7-16-11-5-3-4-10(13)8-11/h3-5,8H,2,6-7,9H2,1H3,(H2,14,17). The zero-order chi connectivity index (χ0) is 12.7. The average Bonchev–Trinajstić information content (AvgIpc) is 2.27. The molecule has 1 aromatic carbocycles. The molecule has 0 heterocycles. The largest absolute Gasteiger partial charge is 0.492 e. The van der Waals surface area contributed by atoms with E-state index in [9.17, 15) is 0 Å². The predicted molar refractivity (Wildman–Crippen MR) is 78.5 cm³/mol. The quantitative estimate of drug-likeness (QED) is 0.784. The first-order valence-corrected chi connectivity index (χ1v) is 6.71. The van der Waals surface area contributed by atoms with Gasteiger partial charge in [-0.15, -0.1) is 0 Å². The first-order chi connectivity index (χ1) is 8.11. The van der Waals surface area contributed by atoms with E-state index in [-0.39, 0.29) is 0 Å². The Bertz CT molecular complexity index is 373. The van der Waals surface area contributed by atoms with Gasteiger partial charge in [0.2, 0.25) is 0 Å². The molecule has 2 N–H and O–H groups in total. The molecule has 0 aliphatic heterocycles. The summed E-state index contributed by atoms with van der Waals surface area (Å²) in [7, 11) is 0. The van der Waals surface area contributed by atoms with Gasteiger partial charge < -0.3 is 10.5 Å². The van der Waals surface area contributed by atoms with Gasteiger partial charge in [0.25, 0.3) is 0 Å². The van der Waals surface area contributed by atoms with Crippen LogP contribution < -0.4 is 10.5 Å². The Hall–Kier alpha value is -0.650. The molecule has 1 rings (SSSR count). The van der Waals surface area contributed by atoms with Crippen molar-refractivity contribution in [3.63, 3.8) is 0 Å². The molecule has 3 nitrogen and oxygen atoms in total. The molecule has 0 radical (unpaired) electrons. The van der Waals surface area contributed by atoms with Gasteiger partial charge in [0.05, 0.1) is 4.99 Å². The normalized spacial score (nSPS) is 10.5. The van der Waals surface area contributed by atoms with E-state index in [1.165, 1.54) is 0 Å². The van der Waals surface area contributed by atoms with Gasteiger partial charge >= 0.3 is 0 Å². The van der Waals surface area contributed by atoms with Gasteiger partial charge in [0.15, 0.2) is 0 Å². The molecule has 0 aliphatic carbocycles. The van der Waals surface area contributed by atoms with Crippen molar-refractivity contribution in [1.82, 2.24) is 4.90 Å². The van der Waals surface area contributed by atoms with Crippen molar-refractivity contribution in [3.8, 4) is 5.75 Å². The molecule has 0 saturated heterocycles. The molecule has 0 aromatic heterocycles. The number of nitrogens with two attached hydrogens (primary N) is 1. The van der Waals surface area contributed by atoms with Crippen molar-refractivity contribution in [2.75, 3.05) is 26.2 Å². The third kappa shape index (κ3) is 6.00. The first kappa shape index (κ1) is 14.4. The van der Waals surface area contributed by atoms with Gasteiger partial charge in [0.1, 0.15) is 12.4 Å². The van der Waals surface area contributed by atoms with E-state index in [1.54, 1.807) is 0 Å². The lowest BCUT2D eigenvalue weighted by molar-refractivity contribution is 0.234. The number of rotatable bonds is 7. The molecule has 0 fully saturated rings. The number of halogens is 1. The molecule has 94 valence electrons. The highest BCUT2D eigenvalue weighted by Crippen LogP contribution is 2.17. The molecule has 0 bridgehead atoms. The monoisotopic (exact) mass is 316 g/mol. The van der Waals surface area contributed by atoms with Crippen LogP contribution in [0.15, 0.2) is 28.7 Å². The highest BCUT2D eigenvalue weighted by molar-refractivity contribution is 9.10. The van der Waals surface area contributed by atoms with Crippen LogP contribution in [0.1, 0.15) is 6.92 Å². The molecule has 0 spiro atoms. The summed E-state index contributed by atoms with van der Waals surface area (Å²) in [4.78, 5) is 2.68. The fourth-order valence-corrected chi connectivity index (χ4v) is 1.98. The summed E-state index contributed by atoms with van der Waals surface area (Å²) < 4.78 is 6.66. The summed E-state index contributed by atoms with van der Waals surface area (Å²) in [6, 6.07) is 7.81. The lowest BCUT2D eigenvalue weighted by Gasteiger charge is -2.19. The van der Waals surface area contributed by atoms with Crippen LogP contribution in [-0.2, 0) is 0 Å². The number of nitrogens with zero attached hydrogens (tertiary/aromatic N) is 1. The molecular formula is C12H17BrN2OS. The summed E-state index contributed by atoms with van der Waals surface area (Å²) in [6.07, 6.45) is 0. The van der Waals surface area contributed by atoms with Crippen molar-refractivity contribution < 1.29 is 4.74 Å². The SMILES string of the molecule is CCN(CCOc1cccc(Br)c1)CC(N)=S. The van der Waals surface area contributed by atoms with Crippen LogP contribution in [0.3, 0.4) is 0 Å². The first-order valence-electron chi connectivity index (χ1n) is 5.51. The molecule has 0 saturated carbocycles. The Labute approximate surface area is 116 Å². The second kappa shape index (κ2) is 7.63. The number of likely N-dealkylation sites (N-methyl/N-ethyl adjacent to an activating group) is 1. The minimum atomic E-state index is 0.523. The molecule has 5 heteroatoms. The average molecular weight is 317 g/mol. The second-order valence-electron chi connectivity index (χ2n) is 3.64.